The maximum atomic E-state index is 10.7. The molecular formula is C16H19NO2. The summed E-state index contributed by atoms with van der Waals surface area (Å²) < 4.78 is 5.75. The molecule has 3 rings (SSSR count). The van der Waals surface area contributed by atoms with Crippen LogP contribution in [0.1, 0.15) is 31.4 Å². The molecule has 1 fully saturated rings. The lowest BCUT2D eigenvalue weighted by molar-refractivity contribution is -0.0456. The second kappa shape index (κ2) is 5.27. The van der Waals surface area contributed by atoms with Crippen molar-refractivity contribution >= 4 is 10.9 Å². The van der Waals surface area contributed by atoms with Gasteiger partial charge in [0.25, 0.3) is 0 Å². The number of para-hydroxylation sites is 1. The SMILES string of the molecule is CCOC(C1CC1)C(O)c1cccc2cccnc12. The maximum Gasteiger partial charge on any atom is 0.107 e. The minimum atomic E-state index is -0.592. The Balaban J connectivity index is 1.98. The van der Waals surface area contributed by atoms with Gasteiger partial charge in [0.1, 0.15) is 6.10 Å². The van der Waals surface area contributed by atoms with Crippen LogP contribution in [0.2, 0.25) is 0 Å². The van der Waals surface area contributed by atoms with Crippen LogP contribution in [-0.4, -0.2) is 22.8 Å². The highest BCUT2D eigenvalue weighted by atomic mass is 16.5. The number of nitrogens with zero attached hydrogens (tertiary/aromatic N) is 1. The summed E-state index contributed by atoms with van der Waals surface area (Å²) in [5.41, 5.74) is 1.76. The fraction of sp³-hybridized carbons (Fsp3) is 0.438. The molecule has 1 N–H and O–H groups in total. The van der Waals surface area contributed by atoms with Gasteiger partial charge < -0.3 is 9.84 Å². The average molecular weight is 257 g/mol. The van der Waals surface area contributed by atoms with Gasteiger partial charge in [0, 0.05) is 23.8 Å². The third-order valence-electron chi connectivity index (χ3n) is 3.74. The number of fused-ring (bicyclic) bond motifs is 1. The van der Waals surface area contributed by atoms with E-state index in [-0.39, 0.29) is 6.10 Å². The topological polar surface area (TPSA) is 42.4 Å². The van der Waals surface area contributed by atoms with Crippen LogP contribution < -0.4 is 0 Å². The predicted molar refractivity (Wildman–Crippen MR) is 74.8 cm³/mol. The van der Waals surface area contributed by atoms with Gasteiger partial charge in [-0.2, -0.15) is 0 Å². The Labute approximate surface area is 113 Å². The zero-order valence-corrected chi connectivity index (χ0v) is 11.1. The summed E-state index contributed by atoms with van der Waals surface area (Å²) in [6, 6.07) is 9.88. The smallest absolute Gasteiger partial charge is 0.107 e. The van der Waals surface area contributed by atoms with E-state index in [1.54, 1.807) is 6.20 Å². The van der Waals surface area contributed by atoms with E-state index >= 15 is 0 Å². The highest BCUT2D eigenvalue weighted by Crippen LogP contribution is 2.41. The molecule has 1 aliphatic carbocycles. The second-order valence-corrected chi connectivity index (χ2v) is 5.12. The van der Waals surface area contributed by atoms with Crippen LogP contribution in [0.3, 0.4) is 0 Å². The molecule has 1 aliphatic rings. The van der Waals surface area contributed by atoms with Gasteiger partial charge in [-0.25, -0.2) is 0 Å². The highest BCUT2D eigenvalue weighted by molar-refractivity contribution is 5.81. The van der Waals surface area contributed by atoms with E-state index in [1.807, 2.05) is 37.3 Å². The molecule has 100 valence electrons. The number of hydrogen-bond acceptors (Lipinski definition) is 3. The second-order valence-electron chi connectivity index (χ2n) is 5.12. The summed E-state index contributed by atoms with van der Waals surface area (Å²) >= 11 is 0. The predicted octanol–water partition coefficient (Wildman–Crippen LogP) is 3.08. The zero-order chi connectivity index (χ0) is 13.2. The number of ether oxygens (including phenoxy) is 1. The molecule has 1 aromatic carbocycles. The van der Waals surface area contributed by atoms with Crippen LogP contribution in [0.5, 0.6) is 0 Å². The fourth-order valence-corrected chi connectivity index (χ4v) is 2.65. The zero-order valence-electron chi connectivity index (χ0n) is 11.1. The Bertz CT molecular complexity index is 560. The van der Waals surface area contributed by atoms with Crippen LogP contribution in [0.4, 0.5) is 0 Å². The molecule has 0 amide bonds. The number of aliphatic hydroxyl groups excluding tert-OH is 1. The van der Waals surface area contributed by atoms with Crippen molar-refractivity contribution in [1.82, 2.24) is 4.98 Å². The van der Waals surface area contributed by atoms with Crippen molar-refractivity contribution in [2.45, 2.75) is 32.0 Å². The van der Waals surface area contributed by atoms with Crippen molar-refractivity contribution in [3.63, 3.8) is 0 Å². The van der Waals surface area contributed by atoms with Crippen LogP contribution in [0, 0.1) is 5.92 Å². The molecule has 0 aliphatic heterocycles. The molecule has 1 aromatic heterocycles. The third kappa shape index (κ3) is 2.48. The van der Waals surface area contributed by atoms with Gasteiger partial charge in [-0.3, -0.25) is 4.98 Å². The summed E-state index contributed by atoms with van der Waals surface area (Å²) in [6.45, 7) is 2.61. The fourth-order valence-electron chi connectivity index (χ4n) is 2.65. The van der Waals surface area contributed by atoms with E-state index in [0.29, 0.717) is 12.5 Å². The van der Waals surface area contributed by atoms with Gasteiger partial charge in [0.15, 0.2) is 0 Å². The Morgan fingerprint density at radius 2 is 2.11 bits per heavy atom. The minimum Gasteiger partial charge on any atom is -0.386 e. The molecule has 0 radical (unpaired) electrons. The van der Waals surface area contributed by atoms with Crippen LogP contribution in [-0.2, 0) is 4.74 Å². The molecule has 2 unspecified atom stereocenters. The van der Waals surface area contributed by atoms with Gasteiger partial charge in [-0.05, 0) is 31.7 Å². The lowest BCUT2D eigenvalue weighted by Gasteiger charge is -2.23. The standard InChI is InChI=1S/C16H19NO2/c1-2-19-16(12-8-9-12)15(18)13-7-3-5-11-6-4-10-17-14(11)13/h3-7,10,12,15-16,18H,2,8-9H2,1H3. The minimum absolute atomic E-state index is 0.0994. The third-order valence-corrected chi connectivity index (χ3v) is 3.74. The summed E-state index contributed by atoms with van der Waals surface area (Å²) in [4.78, 5) is 4.41. The molecule has 1 heterocycles. The largest absolute Gasteiger partial charge is 0.386 e. The summed E-state index contributed by atoms with van der Waals surface area (Å²) in [5.74, 6) is 0.494. The summed E-state index contributed by atoms with van der Waals surface area (Å²) in [5, 5.41) is 11.7. The van der Waals surface area contributed by atoms with Crippen molar-refractivity contribution in [2.24, 2.45) is 5.92 Å². The quantitative estimate of drug-likeness (QED) is 0.895. The van der Waals surface area contributed by atoms with Crippen LogP contribution in [0.15, 0.2) is 36.5 Å². The normalized spacial score (nSPS) is 18.4. The average Bonchev–Trinajstić information content (AvgIpc) is 3.28. The van der Waals surface area contributed by atoms with E-state index in [2.05, 4.69) is 4.98 Å². The lowest BCUT2D eigenvalue weighted by atomic mass is 9.98. The van der Waals surface area contributed by atoms with Crippen molar-refractivity contribution in [2.75, 3.05) is 6.61 Å². The molecule has 0 bridgehead atoms. The van der Waals surface area contributed by atoms with Gasteiger partial charge in [0.2, 0.25) is 0 Å². The Morgan fingerprint density at radius 1 is 1.32 bits per heavy atom. The molecule has 19 heavy (non-hydrogen) atoms. The Hall–Kier alpha value is -1.45. The van der Waals surface area contributed by atoms with Gasteiger partial charge in [-0.15, -0.1) is 0 Å². The number of rotatable bonds is 5. The van der Waals surface area contributed by atoms with Gasteiger partial charge >= 0.3 is 0 Å². The molecule has 2 atom stereocenters. The van der Waals surface area contributed by atoms with Crippen molar-refractivity contribution in [3.8, 4) is 0 Å². The maximum absolute atomic E-state index is 10.7. The van der Waals surface area contributed by atoms with Crippen LogP contribution >= 0.6 is 0 Å². The number of benzene rings is 1. The summed E-state index contributed by atoms with van der Waals surface area (Å²) in [6.07, 6.45) is 3.38. The first-order valence-corrected chi connectivity index (χ1v) is 6.94. The molecule has 3 heteroatoms. The first-order valence-electron chi connectivity index (χ1n) is 6.94. The number of pyridine rings is 1. The van der Waals surface area contributed by atoms with Gasteiger partial charge in [0.05, 0.1) is 11.6 Å². The molecule has 0 spiro atoms. The molecule has 1 saturated carbocycles. The first kappa shape index (κ1) is 12.6. The Kier molecular flexibility index (Phi) is 3.49. The first-order chi connectivity index (χ1) is 9.31. The number of hydrogen-bond donors (Lipinski definition) is 1. The van der Waals surface area contributed by atoms with Gasteiger partial charge in [-0.1, -0.05) is 24.3 Å². The lowest BCUT2D eigenvalue weighted by Crippen LogP contribution is -2.24. The van der Waals surface area contributed by atoms with Crippen LogP contribution in [0.25, 0.3) is 10.9 Å². The van der Waals surface area contributed by atoms with E-state index in [9.17, 15) is 5.11 Å². The van der Waals surface area contributed by atoms with E-state index in [0.717, 1.165) is 29.3 Å². The monoisotopic (exact) mass is 257 g/mol. The molecule has 3 nitrogen and oxygen atoms in total. The Morgan fingerprint density at radius 3 is 2.84 bits per heavy atom. The highest BCUT2D eigenvalue weighted by Gasteiger charge is 2.37. The molecular weight excluding hydrogens is 238 g/mol. The number of aromatic nitrogens is 1. The molecule has 2 aromatic rings. The van der Waals surface area contributed by atoms with Crippen molar-refractivity contribution in [3.05, 3.63) is 42.1 Å². The van der Waals surface area contributed by atoms with Crippen molar-refractivity contribution < 1.29 is 9.84 Å². The van der Waals surface area contributed by atoms with E-state index < -0.39 is 6.10 Å². The molecule has 0 saturated heterocycles. The van der Waals surface area contributed by atoms with E-state index in [4.69, 9.17) is 4.74 Å². The van der Waals surface area contributed by atoms with Crippen molar-refractivity contribution in [1.29, 1.82) is 0 Å². The van der Waals surface area contributed by atoms with E-state index in [1.165, 1.54) is 0 Å². The summed E-state index contributed by atoms with van der Waals surface area (Å²) in [7, 11) is 0. The number of aliphatic hydroxyl groups is 1.